The molecule has 0 spiro atoms. The molecule has 0 unspecified atom stereocenters. The lowest BCUT2D eigenvalue weighted by molar-refractivity contribution is -0.121. The van der Waals surface area contributed by atoms with Crippen molar-refractivity contribution in [1.82, 2.24) is 20.0 Å². The van der Waals surface area contributed by atoms with E-state index in [1.54, 1.807) is 9.58 Å². The number of piperidine rings is 1. The Labute approximate surface area is 149 Å². The molecule has 3 amide bonds. The second-order valence-corrected chi connectivity index (χ2v) is 7.22. The lowest BCUT2D eigenvalue weighted by Crippen LogP contribution is -2.49. The number of likely N-dealkylation sites (tertiary alicyclic amines) is 1. The number of rotatable bonds is 4. The van der Waals surface area contributed by atoms with Gasteiger partial charge in [0.2, 0.25) is 5.91 Å². The Morgan fingerprint density at radius 1 is 1.24 bits per heavy atom. The molecule has 1 aromatic heterocycles. The Kier molecular flexibility index (Phi) is 5.60. The zero-order valence-electron chi connectivity index (χ0n) is 15.3. The van der Waals surface area contributed by atoms with Crippen molar-refractivity contribution in [3.63, 3.8) is 0 Å². The molecule has 138 valence electrons. The van der Waals surface area contributed by atoms with E-state index >= 15 is 0 Å². The van der Waals surface area contributed by atoms with E-state index in [1.807, 2.05) is 20.2 Å². The molecule has 1 saturated carbocycles. The highest BCUT2D eigenvalue weighted by Crippen LogP contribution is 2.22. The molecule has 0 aromatic carbocycles. The molecule has 0 bridgehead atoms. The van der Waals surface area contributed by atoms with Gasteiger partial charge in [0.1, 0.15) is 0 Å². The molecule has 2 fully saturated rings. The van der Waals surface area contributed by atoms with Crippen LogP contribution in [0.25, 0.3) is 0 Å². The fourth-order valence-electron chi connectivity index (χ4n) is 3.85. The van der Waals surface area contributed by atoms with Crippen molar-refractivity contribution in [3.05, 3.63) is 11.9 Å². The maximum Gasteiger partial charge on any atom is 0.317 e. The largest absolute Gasteiger partial charge is 0.335 e. The minimum Gasteiger partial charge on any atom is -0.335 e. The van der Waals surface area contributed by atoms with Gasteiger partial charge in [-0.05, 0) is 32.1 Å². The van der Waals surface area contributed by atoms with Gasteiger partial charge in [-0.3, -0.25) is 9.48 Å². The molecule has 7 heteroatoms. The minimum absolute atomic E-state index is 0.0129. The minimum atomic E-state index is -0.159. The maximum absolute atomic E-state index is 12.7. The molecule has 2 N–H and O–H groups in total. The van der Waals surface area contributed by atoms with Crippen LogP contribution in [0.2, 0.25) is 0 Å². The molecule has 1 atom stereocenters. The fraction of sp³-hybridized carbons (Fsp3) is 0.722. The summed E-state index contributed by atoms with van der Waals surface area (Å²) in [7, 11) is 1.85. The third-order valence-corrected chi connectivity index (χ3v) is 5.26. The topological polar surface area (TPSA) is 79.3 Å². The second-order valence-electron chi connectivity index (χ2n) is 7.22. The van der Waals surface area contributed by atoms with Crippen LogP contribution in [0.1, 0.15) is 51.1 Å². The predicted molar refractivity (Wildman–Crippen MR) is 96.3 cm³/mol. The Bertz CT molecular complexity index is 621. The highest BCUT2D eigenvalue weighted by atomic mass is 16.2. The van der Waals surface area contributed by atoms with Crippen molar-refractivity contribution in [2.24, 2.45) is 13.0 Å². The lowest BCUT2D eigenvalue weighted by Gasteiger charge is -2.32. The number of nitrogens with zero attached hydrogens (tertiary/aromatic N) is 3. The van der Waals surface area contributed by atoms with E-state index in [0.29, 0.717) is 12.6 Å². The average molecular weight is 347 g/mol. The Balaban J connectivity index is 1.56. The van der Waals surface area contributed by atoms with Gasteiger partial charge in [-0.25, -0.2) is 4.79 Å². The van der Waals surface area contributed by atoms with Gasteiger partial charge < -0.3 is 15.5 Å². The Morgan fingerprint density at radius 3 is 2.72 bits per heavy atom. The van der Waals surface area contributed by atoms with Crippen LogP contribution in [0.5, 0.6) is 0 Å². The summed E-state index contributed by atoms with van der Waals surface area (Å²) in [5.74, 6) is -0.172. The van der Waals surface area contributed by atoms with Crippen LogP contribution in [0.4, 0.5) is 10.5 Å². The first kappa shape index (κ1) is 17.8. The summed E-state index contributed by atoms with van der Waals surface area (Å²) in [6.45, 7) is 3.25. The van der Waals surface area contributed by atoms with Gasteiger partial charge in [-0.1, -0.05) is 19.8 Å². The number of nitrogens with one attached hydrogen (secondary N) is 2. The number of aromatic nitrogens is 2. The van der Waals surface area contributed by atoms with Gasteiger partial charge in [-0.15, -0.1) is 0 Å². The zero-order chi connectivity index (χ0) is 17.8. The standard InChI is InChI=1S/C18H29N5O2/c1-3-15-16(12-22(2)21-15)20-17(24)13-7-6-10-23(11-13)18(25)19-14-8-4-5-9-14/h12-14H,3-11H2,1-2H3,(H,19,25)(H,20,24)/t13-/m0/s1. The highest BCUT2D eigenvalue weighted by molar-refractivity contribution is 5.93. The van der Waals surface area contributed by atoms with E-state index in [0.717, 1.165) is 50.0 Å². The summed E-state index contributed by atoms with van der Waals surface area (Å²) in [6, 6.07) is 0.296. The van der Waals surface area contributed by atoms with Crippen LogP contribution >= 0.6 is 0 Å². The molecule has 25 heavy (non-hydrogen) atoms. The van der Waals surface area contributed by atoms with Gasteiger partial charge in [0, 0.05) is 32.4 Å². The van der Waals surface area contributed by atoms with E-state index in [2.05, 4.69) is 15.7 Å². The third kappa shape index (κ3) is 4.32. The number of hydrogen-bond acceptors (Lipinski definition) is 3. The Morgan fingerprint density at radius 2 is 2.00 bits per heavy atom. The van der Waals surface area contributed by atoms with Crippen molar-refractivity contribution < 1.29 is 9.59 Å². The molecular formula is C18H29N5O2. The summed E-state index contributed by atoms with van der Waals surface area (Å²) in [5.41, 5.74) is 1.67. The van der Waals surface area contributed by atoms with Gasteiger partial charge >= 0.3 is 6.03 Å². The van der Waals surface area contributed by atoms with Gasteiger partial charge in [0.15, 0.2) is 0 Å². The number of hydrogen-bond donors (Lipinski definition) is 2. The number of aryl methyl sites for hydroxylation is 2. The van der Waals surface area contributed by atoms with Crippen LogP contribution in [0.15, 0.2) is 6.20 Å². The van der Waals surface area contributed by atoms with Crippen LogP contribution in [-0.4, -0.2) is 45.8 Å². The van der Waals surface area contributed by atoms with Crippen molar-refractivity contribution >= 4 is 17.6 Å². The number of anilines is 1. The van der Waals surface area contributed by atoms with Gasteiger partial charge in [0.25, 0.3) is 0 Å². The third-order valence-electron chi connectivity index (χ3n) is 5.26. The maximum atomic E-state index is 12.7. The molecule has 7 nitrogen and oxygen atoms in total. The van der Waals surface area contributed by atoms with Crippen LogP contribution in [0, 0.1) is 5.92 Å². The lowest BCUT2D eigenvalue weighted by atomic mass is 9.97. The molecule has 1 saturated heterocycles. The first-order valence-corrected chi connectivity index (χ1v) is 9.45. The number of amides is 3. The van der Waals surface area contributed by atoms with Crippen molar-refractivity contribution in [2.75, 3.05) is 18.4 Å². The number of carbonyl (C=O) groups excluding carboxylic acids is 2. The fourth-order valence-corrected chi connectivity index (χ4v) is 3.85. The Hall–Kier alpha value is -2.05. The predicted octanol–water partition coefficient (Wildman–Crippen LogP) is 2.29. The summed E-state index contributed by atoms with van der Waals surface area (Å²) in [5, 5.41) is 10.5. The first-order valence-electron chi connectivity index (χ1n) is 9.45. The van der Waals surface area contributed by atoms with E-state index in [-0.39, 0.29) is 17.9 Å². The molecule has 2 heterocycles. The molecule has 3 rings (SSSR count). The van der Waals surface area contributed by atoms with E-state index in [1.165, 1.54) is 12.8 Å². The SMILES string of the molecule is CCc1nn(C)cc1NC(=O)[C@H]1CCCN(C(=O)NC2CCCC2)C1. The zero-order valence-corrected chi connectivity index (χ0v) is 15.3. The average Bonchev–Trinajstić information content (AvgIpc) is 3.24. The molecule has 0 radical (unpaired) electrons. The molecule has 1 aromatic rings. The van der Waals surface area contributed by atoms with Crippen molar-refractivity contribution in [2.45, 2.75) is 57.9 Å². The molecular weight excluding hydrogens is 318 g/mol. The van der Waals surface area contributed by atoms with Crippen molar-refractivity contribution in [3.8, 4) is 0 Å². The molecule has 1 aliphatic heterocycles. The van der Waals surface area contributed by atoms with E-state index in [4.69, 9.17) is 0 Å². The van der Waals surface area contributed by atoms with Crippen LogP contribution < -0.4 is 10.6 Å². The van der Waals surface area contributed by atoms with Crippen LogP contribution in [0.3, 0.4) is 0 Å². The smallest absolute Gasteiger partial charge is 0.317 e. The monoisotopic (exact) mass is 347 g/mol. The van der Waals surface area contributed by atoms with Crippen LogP contribution in [-0.2, 0) is 18.3 Å². The summed E-state index contributed by atoms with van der Waals surface area (Å²) < 4.78 is 1.72. The van der Waals surface area contributed by atoms with Gasteiger partial charge in [0.05, 0.1) is 17.3 Å². The summed E-state index contributed by atoms with van der Waals surface area (Å²) in [6.07, 6.45) is 8.84. The van der Waals surface area contributed by atoms with E-state index < -0.39 is 0 Å². The van der Waals surface area contributed by atoms with Gasteiger partial charge in [-0.2, -0.15) is 5.10 Å². The second kappa shape index (κ2) is 7.89. The molecule has 1 aliphatic carbocycles. The molecule has 2 aliphatic rings. The first-order chi connectivity index (χ1) is 12.1. The van der Waals surface area contributed by atoms with Crippen molar-refractivity contribution in [1.29, 1.82) is 0 Å². The quantitative estimate of drug-likeness (QED) is 0.877. The normalized spacial score (nSPS) is 21.4. The summed E-state index contributed by atoms with van der Waals surface area (Å²) in [4.78, 5) is 26.9. The number of carbonyl (C=O) groups is 2. The summed E-state index contributed by atoms with van der Waals surface area (Å²) >= 11 is 0. The van der Waals surface area contributed by atoms with E-state index in [9.17, 15) is 9.59 Å². The highest BCUT2D eigenvalue weighted by Gasteiger charge is 2.30. The number of urea groups is 1.